The van der Waals surface area contributed by atoms with Crippen molar-refractivity contribution >= 4 is 40.7 Å². The minimum atomic E-state index is -0.877. The van der Waals surface area contributed by atoms with Crippen molar-refractivity contribution in [3.63, 3.8) is 0 Å². The number of nitrogens with zero attached hydrogens (tertiary/aromatic N) is 2. The fourth-order valence-corrected chi connectivity index (χ4v) is 5.48. The molecule has 170 valence electrons. The van der Waals surface area contributed by atoms with Crippen LogP contribution in [-0.2, 0) is 21.3 Å². The van der Waals surface area contributed by atoms with Crippen LogP contribution in [0.3, 0.4) is 0 Å². The van der Waals surface area contributed by atoms with E-state index < -0.39 is 10.8 Å². The van der Waals surface area contributed by atoms with Crippen LogP contribution in [0.5, 0.6) is 0 Å². The highest BCUT2D eigenvalue weighted by molar-refractivity contribution is 14.0. The van der Waals surface area contributed by atoms with Gasteiger partial charge in [-0.2, -0.15) is 0 Å². The first-order valence-electron chi connectivity index (χ1n) is 10.9. The molecule has 1 aliphatic carbocycles. The van der Waals surface area contributed by atoms with Crippen molar-refractivity contribution in [3.8, 4) is 0 Å². The lowest BCUT2D eigenvalue weighted by Gasteiger charge is -2.48. The predicted octanol–water partition coefficient (Wildman–Crippen LogP) is 2.75. The third-order valence-corrected chi connectivity index (χ3v) is 7.38. The Kier molecular flexibility index (Phi) is 11.6. The summed E-state index contributed by atoms with van der Waals surface area (Å²) in [4.78, 5) is 7.01. The second-order valence-corrected chi connectivity index (χ2v) is 9.59. The molecule has 1 aliphatic heterocycles. The van der Waals surface area contributed by atoms with Gasteiger partial charge in [0.2, 0.25) is 0 Å². The first-order chi connectivity index (χ1) is 14.2. The molecule has 0 amide bonds. The molecule has 1 heterocycles. The molecule has 3 rings (SSSR count). The van der Waals surface area contributed by atoms with Crippen LogP contribution in [0.25, 0.3) is 0 Å². The van der Waals surface area contributed by atoms with Crippen molar-refractivity contribution < 1.29 is 8.95 Å². The summed E-state index contributed by atoms with van der Waals surface area (Å²) in [6, 6.07) is 10.0. The highest BCUT2D eigenvalue weighted by atomic mass is 127. The molecule has 1 atom stereocenters. The van der Waals surface area contributed by atoms with E-state index in [0.717, 1.165) is 44.4 Å². The molecule has 0 spiro atoms. The number of halogens is 1. The molecule has 0 bridgehead atoms. The lowest BCUT2D eigenvalue weighted by molar-refractivity contribution is -0.0352. The molecule has 2 aliphatic rings. The molecule has 0 radical (unpaired) electrons. The van der Waals surface area contributed by atoms with Crippen molar-refractivity contribution in [1.82, 2.24) is 15.5 Å². The number of hydrogen-bond acceptors (Lipinski definition) is 4. The number of aliphatic imine (C=N–C) groups is 1. The molecule has 0 aromatic heterocycles. The summed E-state index contributed by atoms with van der Waals surface area (Å²) in [5.74, 6) is 2.03. The van der Waals surface area contributed by atoms with Crippen LogP contribution < -0.4 is 10.6 Å². The summed E-state index contributed by atoms with van der Waals surface area (Å²) in [6.07, 6.45) is 6.40. The van der Waals surface area contributed by atoms with Gasteiger partial charge in [-0.15, -0.1) is 24.0 Å². The summed E-state index contributed by atoms with van der Waals surface area (Å²) >= 11 is 0. The lowest BCUT2D eigenvalue weighted by atomic mass is 9.80. The number of ether oxygens (including phenoxy) is 1. The maximum atomic E-state index is 12.3. The first kappa shape index (κ1) is 25.5. The molecule has 8 heteroatoms. The molecule has 1 saturated heterocycles. The Balaban J connectivity index is 0.00000320. The van der Waals surface area contributed by atoms with Crippen LogP contribution in [0, 0.1) is 0 Å². The van der Waals surface area contributed by atoms with E-state index in [4.69, 9.17) is 4.74 Å². The van der Waals surface area contributed by atoms with Gasteiger partial charge in [0.15, 0.2) is 5.96 Å². The Morgan fingerprint density at radius 3 is 2.50 bits per heavy atom. The van der Waals surface area contributed by atoms with Crippen LogP contribution in [-0.4, -0.2) is 72.8 Å². The lowest BCUT2D eigenvalue weighted by Crippen LogP contribution is -2.60. The summed E-state index contributed by atoms with van der Waals surface area (Å²) in [6.45, 7) is 5.27. The minimum absolute atomic E-state index is 0. The highest BCUT2D eigenvalue weighted by Crippen LogP contribution is 2.33. The van der Waals surface area contributed by atoms with Crippen molar-refractivity contribution in [3.05, 3.63) is 35.9 Å². The third-order valence-electron chi connectivity index (χ3n) is 6.07. The Hall–Kier alpha value is -0.710. The predicted molar refractivity (Wildman–Crippen MR) is 136 cm³/mol. The first-order valence-corrected chi connectivity index (χ1v) is 12.4. The molecular formula is C22H37IN4O2S. The molecule has 6 nitrogen and oxygen atoms in total. The van der Waals surface area contributed by atoms with Gasteiger partial charge >= 0.3 is 0 Å². The molecule has 30 heavy (non-hydrogen) atoms. The molecule has 1 saturated carbocycles. The van der Waals surface area contributed by atoms with Gasteiger partial charge < -0.3 is 15.4 Å². The zero-order valence-electron chi connectivity index (χ0n) is 18.1. The normalized spacial score (nSPS) is 20.8. The van der Waals surface area contributed by atoms with Gasteiger partial charge in [-0.1, -0.05) is 49.6 Å². The monoisotopic (exact) mass is 548 g/mol. The quantitative estimate of drug-likeness (QED) is 0.297. The number of hydrogen-bond donors (Lipinski definition) is 2. The second kappa shape index (κ2) is 13.6. The molecular weight excluding hydrogens is 511 g/mol. The van der Waals surface area contributed by atoms with E-state index in [9.17, 15) is 4.21 Å². The Morgan fingerprint density at radius 2 is 1.83 bits per heavy atom. The number of rotatable bonds is 8. The van der Waals surface area contributed by atoms with E-state index in [1.807, 2.05) is 30.3 Å². The Morgan fingerprint density at radius 1 is 1.13 bits per heavy atom. The van der Waals surface area contributed by atoms with E-state index in [1.54, 1.807) is 7.05 Å². The van der Waals surface area contributed by atoms with Gasteiger partial charge in [0, 0.05) is 61.1 Å². The molecule has 2 fully saturated rings. The SMILES string of the molecule is CN=C(NCCS(=O)Cc1ccccc1)NCC1(N2CCOCC2)CCCCC1.I. The average molecular weight is 549 g/mol. The summed E-state index contributed by atoms with van der Waals surface area (Å²) in [5.41, 5.74) is 1.33. The van der Waals surface area contributed by atoms with Crippen LogP contribution in [0.1, 0.15) is 37.7 Å². The fourth-order valence-electron chi connectivity index (χ4n) is 4.44. The van der Waals surface area contributed by atoms with Gasteiger partial charge in [0.25, 0.3) is 0 Å². The average Bonchev–Trinajstić information content (AvgIpc) is 2.78. The highest BCUT2D eigenvalue weighted by Gasteiger charge is 2.38. The maximum Gasteiger partial charge on any atom is 0.191 e. The smallest absolute Gasteiger partial charge is 0.191 e. The van der Waals surface area contributed by atoms with Gasteiger partial charge in [-0.05, 0) is 18.4 Å². The number of nitrogens with one attached hydrogen (secondary N) is 2. The standard InChI is InChI=1S/C22H36N4O2S.HI/c1-23-21(24-12-17-29(27)18-20-8-4-2-5-9-20)25-19-22(10-6-3-7-11-22)26-13-15-28-16-14-26;/h2,4-5,8-9H,3,6-7,10-19H2,1H3,(H2,23,24,25);1H. The van der Waals surface area contributed by atoms with Gasteiger partial charge in [0.1, 0.15) is 0 Å². The summed E-state index contributed by atoms with van der Waals surface area (Å²) < 4.78 is 17.9. The molecule has 1 unspecified atom stereocenters. The molecule has 1 aromatic carbocycles. The van der Waals surface area contributed by atoms with Crippen molar-refractivity contribution in [2.45, 2.75) is 43.4 Å². The van der Waals surface area contributed by atoms with Crippen molar-refractivity contribution in [2.24, 2.45) is 4.99 Å². The van der Waals surface area contributed by atoms with Crippen LogP contribution in [0.4, 0.5) is 0 Å². The molecule has 1 aromatic rings. The second-order valence-electron chi connectivity index (χ2n) is 8.01. The topological polar surface area (TPSA) is 66.0 Å². The van der Waals surface area contributed by atoms with Gasteiger partial charge in [0.05, 0.1) is 13.2 Å². The van der Waals surface area contributed by atoms with Gasteiger partial charge in [-0.25, -0.2) is 0 Å². The van der Waals surface area contributed by atoms with E-state index in [1.165, 1.54) is 32.1 Å². The summed E-state index contributed by atoms with van der Waals surface area (Å²) in [5, 5.41) is 6.91. The van der Waals surface area contributed by atoms with E-state index >= 15 is 0 Å². The minimum Gasteiger partial charge on any atom is -0.379 e. The van der Waals surface area contributed by atoms with Crippen molar-refractivity contribution in [1.29, 1.82) is 0 Å². The van der Waals surface area contributed by atoms with Crippen LogP contribution in [0.2, 0.25) is 0 Å². The Bertz CT molecular complexity index is 662. The molecule has 2 N–H and O–H groups in total. The third kappa shape index (κ3) is 7.76. The van der Waals surface area contributed by atoms with E-state index in [2.05, 4.69) is 20.5 Å². The number of morpholine rings is 1. The number of guanidine groups is 1. The van der Waals surface area contributed by atoms with Gasteiger partial charge in [-0.3, -0.25) is 14.1 Å². The zero-order valence-corrected chi connectivity index (χ0v) is 21.3. The number of benzene rings is 1. The van der Waals surface area contributed by atoms with Crippen molar-refractivity contribution in [2.75, 3.05) is 52.2 Å². The van der Waals surface area contributed by atoms with E-state index in [-0.39, 0.29) is 29.5 Å². The largest absolute Gasteiger partial charge is 0.379 e. The maximum absolute atomic E-state index is 12.3. The Labute approximate surface area is 201 Å². The van der Waals surface area contributed by atoms with Crippen LogP contribution >= 0.6 is 24.0 Å². The zero-order chi connectivity index (χ0) is 20.4. The summed E-state index contributed by atoms with van der Waals surface area (Å²) in [7, 11) is 0.927. The van der Waals surface area contributed by atoms with Crippen LogP contribution in [0.15, 0.2) is 35.3 Å². The van der Waals surface area contributed by atoms with E-state index in [0.29, 0.717) is 18.1 Å². The fraction of sp³-hybridized carbons (Fsp3) is 0.682.